The predicted molar refractivity (Wildman–Crippen MR) is 115 cm³/mol. The highest BCUT2D eigenvalue weighted by Crippen LogP contribution is 2.50. The molecule has 8 nitrogen and oxygen atoms in total. The van der Waals surface area contributed by atoms with Crippen LogP contribution in [0.3, 0.4) is 0 Å². The Morgan fingerprint density at radius 1 is 1.09 bits per heavy atom. The van der Waals surface area contributed by atoms with Gasteiger partial charge in [-0.25, -0.2) is 0 Å². The molecule has 164 valence electrons. The van der Waals surface area contributed by atoms with Gasteiger partial charge in [0.15, 0.2) is 0 Å². The lowest BCUT2D eigenvalue weighted by Gasteiger charge is -2.26. The summed E-state index contributed by atoms with van der Waals surface area (Å²) in [7, 11) is 0. The first-order valence-corrected chi connectivity index (χ1v) is 10.7. The fourth-order valence-electron chi connectivity index (χ4n) is 5.68. The van der Waals surface area contributed by atoms with Crippen molar-refractivity contribution in [2.45, 2.75) is 38.4 Å². The summed E-state index contributed by atoms with van der Waals surface area (Å²) >= 11 is 0. The normalized spacial score (nSPS) is 28.2. The second-order valence-corrected chi connectivity index (χ2v) is 9.01. The quantitative estimate of drug-likeness (QED) is 0.590. The van der Waals surface area contributed by atoms with Crippen molar-refractivity contribution in [3.05, 3.63) is 64.7 Å². The van der Waals surface area contributed by atoms with E-state index < -0.39 is 29.3 Å². The fraction of sp³-hybridized carbons (Fsp3) is 0.333. The van der Waals surface area contributed by atoms with Gasteiger partial charge < -0.3 is 16.4 Å². The summed E-state index contributed by atoms with van der Waals surface area (Å²) in [6, 6.07) is 12.4. The third-order valence-electron chi connectivity index (χ3n) is 7.29. The van der Waals surface area contributed by atoms with Gasteiger partial charge in [-0.15, -0.1) is 0 Å². The van der Waals surface area contributed by atoms with E-state index in [0.29, 0.717) is 11.3 Å². The molecule has 5 rings (SSSR count). The Hall–Kier alpha value is -3.52. The van der Waals surface area contributed by atoms with Gasteiger partial charge in [-0.1, -0.05) is 36.4 Å². The second kappa shape index (κ2) is 7.00. The van der Waals surface area contributed by atoms with Crippen LogP contribution >= 0.6 is 0 Å². The number of benzene rings is 2. The van der Waals surface area contributed by atoms with Gasteiger partial charge in [0.1, 0.15) is 17.9 Å². The standard InChI is InChI=1S/C24H24N4O4/c1-12-8-9-15-20(13(12)2)26-23(32)24(15)19-18(16(27-24)10-17(25)29)21(30)28(22(19)31)11-14-6-4-3-5-7-14/h3-9,16,18-19,27H,10-11H2,1-2H3,(H2,25,29)(H,26,32)/p+1/t16-,18+,19-,24+/m0/s1. The molecule has 3 aliphatic heterocycles. The average Bonchev–Trinajstić information content (AvgIpc) is 3.32. The van der Waals surface area contributed by atoms with Crippen LogP contribution in [0.25, 0.3) is 0 Å². The monoisotopic (exact) mass is 433 g/mol. The Balaban J connectivity index is 1.63. The molecule has 4 atom stereocenters. The van der Waals surface area contributed by atoms with Crippen LogP contribution in [-0.4, -0.2) is 34.6 Å². The van der Waals surface area contributed by atoms with E-state index in [1.165, 1.54) is 4.90 Å². The zero-order chi connectivity index (χ0) is 22.8. The van der Waals surface area contributed by atoms with Crippen molar-refractivity contribution in [1.29, 1.82) is 0 Å². The minimum atomic E-state index is -1.29. The number of carbonyl (C=O) groups is 4. The number of rotatable bonds is 4. The number of nitrogens with zero attached hydrogens (tertiary/aromatic N) is 1. The number of aryl methyl sites for hydroxylation is 1. The van der Waals surface area contributed by atoms with E-state index >= 15 is 0 Å². The number of carbonyl (C=O) groups excluding carboxylic acids is 4. The molecule has 2 aromatic rings. The van der Waals surface area contributed by atoms with E-state index in [-0.39, 0.29) is 30.7 Å². The summed E-state index contributed by atoms with van der Waals surface area (Å²) in [4.78, 5) is 53.7. The zero-order valence-corrected chi connectivity index (χ0v) is 17.9. The van der Waals surface area contributed by atoms with E-state index in [9.17, 15) is 19.2 Å². The first-order valence-electron chi connectivity index (χ1n) is 10.7. The summed E-state index contributed by atoms with van der Waals surface area (Å²) in [5.41, 5.74) is 8.33. The first kappa shape index (κ1) is 20.4. The zero-order valence-electron chi connectivity index (χ0n) is 17.9. The second-order valence-electron chi connectivity index (χ2n) is 9.01. The molecule has 5 N–H and O–H groups in total. The molecule has 2 aromatic carbocycles. The number of hydrogen-bond donors (Lipinski definition) is 3. The average molecular weight is 433 g/mol. The maximum Gasteiger partial charge on any atom is 0.291 e. The Kier molecular flexibility index (Phi) is 4.46. The van der Waals surface area contributed by atoms with Crippen LogP contribution in [0, 0.1) is 25.7 Å². The molecule has 1 spiro atoms. The van der Waals surface area contributed by atoms with Gasteiger partial charge >= 0.3 is 0 Å². The Morgan fingerprint density at radius 3 is 2.50 bits per heavy atom. The summed E-state index contributed by atoms with van der Waals surface area (Å²) in [5.74, 6) is -3.32. The number of quaternary nitrogens is 1. The van der Waals surface area contributed by atoms with E-state index in [1.54, 1.807) is 5.32 Å². The number of imide groups is 1. The Morgan fingerprint density at radius 2 is 1.81 bits per heavy atom. The lowest BCUT2D eigenvalue weighted by molar-refractivity contribution is -0.732. The number of nitrogens with two attached hydrogens (primary N) is 2. The van der Waals surface area contributed by atoms with E-state index in [0.717, 1.165) is 16.7 Å². The van der Waals surface area contributed by atoms with Gasteiger partial charge in [-0.05, 0) is 36.6 Å². The maximum absolute atomic E-state index is 13.7. The minimum absolute atomic E-state index is 0.0887. The molecule has 0 radical (unpaired) electrons. The van der Waals surface area contributed by atoms with Crippen LogP contribution in [0.1, 0.15) is 28.7 Å². The van der Waals surface area contributed by atoms with Crippen LogP contribution in [0.4, 0.5) is 5.69 Å². The smallest absolute Gasteiger partial charge is 0.291 e. The van der Waals surface area contributed by atoms with Gasteiger partial charge in [0.25, 0.3) is 5.91 Å². The van der Waals surface area contributed by atoms with Crippen molar-refractivity contribution in [2.75, 3.05) is 5.32 Å². The molecular formula is C24H25N4O4+. The predicted octanol–water partition coefficient (Wildman–Crippen LogP) is 0.0732. The molecule has 0 bridgehead atoms. The SMILES string of the molecule is Cc1ccc2c(c1C)NC(=O)[C@@]21[NH2+][C@@H](CC(N)=O)[C@H]2C(=O)N(Cc3ccccc3)C(=O)[C@H]21. The number of amides is 4. The molecule has 0 saturated carbocycles. The van der Waals surface area contributed by atoms with Crippen LogP contribution in [0.15, 0.2) is 42.5 Å². The number of hydrogen-bond acceptors (Lipinski definition) is 4. The molecule has 0 unspecified atom stereocenters. The highest BCUT2D eigenvalue weighted by Gasteiger charge is 2.74. The molecule has 0 aromatic heterocycles. The van der Waals surface area contributed by atoms with Crippen molar-refractivity contribution in [2.24, 2.45) is 17.6 Å². The molecule has 2 saturated heterocycles. The molecule has 0 aliphatic carbocycles. The van der Waals surface area contributed by atoms with Crippen LogP contribution in [0.5, 0.6) is 0 Å². The van der Waals surface area contributed by atoms with Crippen molar-refractivity contribution in [3.8, 4) is 0 Å². The Bertz CT molecular complexity index is 1180. The largest absolute Gasteiger partial charge is 0.369 e. The number of anilines is 1. The van der Waals surface area contributed by atoms with Crippen molar-refractivity contribution in [3.63, 3.8) is 0 Å². The molecular weight excluding hydrogens is 408 g/mol. The van der Waals surface area contributed by atoms with Gasteiger partial charge in [0.2, 0.25) is 23.3 Å². The number of primary amides is 1. The van der Waals surface area contributed by atoms with E-state index in [1.807, 2.05) is 56.3 Å². The fourth-order valence-corrected chi connectivity index (χ4v) is 5.68. The third-order valence-corrected chi connectivity index (χ3v) is 7.29. The number of nitrogens with one attached hydrogen (secondary N) is 1. The van der Waals surface area contributed by atoms with Gasteiger partial charge in [-0.2, -0.15) is 0 Å². The third kappa shape index (κ3) is 2.65. The van der Waals surface area contributed by atoms with Crippen LogP contribution in [0.2, 0.25) is 0 Å². The molecule has 4 amide bonds. The van der Waals surface area contributed by atoms with Crippen molar-refractivity contribution in [1.82, 2.24) is 4.90 Å². The molecule has 2 fully saturated rings. The van der Waals surface area contributed by atoms with Crippen molar-refractivity contribution >= 4 is 29.3 Å². The summed E-state index contributed by atoms with van der Waals surface area (Å²) in [6.07, 6.45) is -0.0887. The minimum Gasteiger partial charge on any atom is -0.369 e. The van der Waals surface area contributed by atoms with Gasteiger partial charge in [0.05, 0.1) is 18.7 Å². The van der Waals surface area contributed by atoms with Crippen LogP contribution < -0.4 is 16.4 Å². The van der Waals surface area contributed by atoms with Crippen LogP contribution in [-0.2, 0) is 31.3 Å². The summed E-state index contributed by atoms with van der Waals surface area (Å²) in [6.45, 7) is 4.01. The summed E-state index contributed by atoms with van der Waals surface area (Å²) in [5, 5.41) is 4.69. The Labute approximate surface area is 185 Å². The lowest BCUT2D eigenvalue weighted by atomic mass is 9.76. The number of likely N-dealkylation sites (tertiary alicyclic amines) is 1. The lowest BCUT2D eigenvalue weighted by Crippen LogP contribution is -2.99. The first-order chi connectivity index (χ1) is 15.3. The van der Waals surface area contributed by atoms with Crippen molar-refractivity contribution < 1.29 is 24.5 Å². The molecule has 8 heteroatoms. The molecule has 3 heterocycles. The van der Waals surface area contributed by atoms with E-state index in [4.69, 9.17) is 5.73 Å². The topological polar surface area (TPSA) is 126 Å². The van der Waals surface area contributed by atoms with Gasteiger partial charge in [-0.3, -0.25) is 24.1 Å². The maximum atomic E-state index is 13.7. The molecule has 32 heavy (non-hydrogen) atoms. The van der Waals surface area contributed by atoms with Gasteiger partial charge in [0, 0.05) is 5.56 Å². The highest BCUT2D eigenvalue weighted by atomic mass is 16.2. The molecule has 3 aliphatic rings. The number of fused-ring (bicyclic) bond motifs is 4. The highest BCUT2D eigenvalue weighted by molar-refractivity contribution is 6.14. The van der Waals surface area contributed by atoms with E-state index in [2.05, 4.69) is 5.32 Å². The summed E-state index contributed by atoms with van der Waals surface area (Å²) < 4.78 is 0.